The number of aromatic nitrogens is 1. The fourth-order valence-electron chi connectivity index (χ4n) is 0.788. The standard InChI is InChI=1S/C7H12N4/c1-2-9-6-3-4-7(11-8)10-5-6/h3-5,9H,2,8H2,1H3,(H,10,11). The smallest absolute Gasteiger partial charge is 0.140 e. The molecule has 1 heterocycles. The van der Waals surface area contributed by atoms with Crippen molar-refractivity contribution in [2.24, 2.45) is 5.84 Å². The van der Waals surface area contributed by atoms with Crippen LogP contribution < -0.4 is 16.6 Å². The van der Waals surface area contributed by atoms with Crippen LogP contribution in [-0.4, -0.2) is 11.5 Å². The fraction of sp³-hybridized carbons (Fsp3) is 0.286. The molecular formula is C7H12N4. The Hall–Kier alpha value is -1.29. The van der Waals surface area contributed by atoms with Crippen molar-refractivity contribution in [2.75, 3.05) is 17.3 Å². The van der Waals surface area contributed by atoms with Crippen LogP contribution in [0.1, 0.15) is 6.92 Å². The molecule has 0 amide bonds. The van der Waals surface area contributed by atoms with E-state index in [0.717, 1.165) is 12.2 Å². The largest absolute Gasteiger partial charge is 0.384 e. The molecular weight excluding hydrogens is 140 g/mol. The lowest BCUT2D eigenvalue weighted by atomic mass is 10.4. The van der Waals surface area contributed by atoms with E-state index in [1.54, 1.807) is 6.20 Å². The highest BCUT2D eigenvalue weighted by atomic mass is 15.2. The Kier molecular flexibility index (Phi) is 2.68. The number of anilines is 2. The summed E-state index contributed by atoms with van der Waals surface area (Å²) in [6, 6.07) is 3.74. The zero-order chi connectivity index (χ0) is 8.10. The maximum absolute atomic E-state index is 5.14. The van der Waals surface area contributed by atoms with E-state index < -0.39 is 0 Å². The Morgan fingerprint density at radius 2 is 2.36 bits per heavy atom. The van der Waals surface area contributed by atoms with Crippen LogP contribution in [0.2, 0.25) is 0 Å². The summed E-state index contributed by atoms with van der Waals surface area (Å²) in [6.45, 7) is 2.94. The fourth-order valence-corrected chi connectivity index (χ4v) is 0.788. The van der Waals surface area contributed by atoms with Crippen LogP contribution >= 0.6 is 0 Å². The van der Waals surface area contributed by atoms with Gasteiger partial charge in [-0.05, 0) is 19.1 Å². The quantitative estimate of drug-likeness (QED) is 0.443. The van der Waals surface area contributed by atoms with Crippen LogP contribution in [-0.2, 0) is 0 Å². The van der Waals surface area contributed by atoms with Crippen LogP contribution in [0.5, 0.6) is 0 Å². The molecule has 0 atom stereocenters. The molecule has 0 saturated heterocycles. The summed E-state index contributed by atoms with van der Waals surface area (Å²) < 4.78 is 0. The minimum atomic E-state index is 0.673. The summed E-state index contributed by atoms with van der Waals surface area (Å²) in [4.78, 5) is 4.02. The first-order chi connectivity index (χ1) is 5.36. The maximum atomic E-state index is 5.14. The van der Waals surface area contributed by atoms with Gasteiger partial charge in [0.1, 0.15) is 5.82 Å². The highest BCUT2D eigenvalue weighted by molar-refractivity contribution is 5.46. The van der Waals surface area contributed by atoms with E-state index in [2.05, 4.69) is 15.7 Å². The number of pyridine rings is 1. The number of hydrazine groups is 1. The third-order valence-corrected chi connectivity index (χ3v) is 1.29. The SMILES string of the molecule is CCNc1ccc(NN)nc1. The molecule has 0 radical (unpaired) electrons. The number of nitrogens with one attached hydrogen (secondary N) is 2. The molecule has 0 aliphatic rings. The first-order valence-corrected chi connectivity index (χ1v) is 3.53. The number of hydrogen-bond acceptors (Lipinski definition) is 4. The number of nitrogens with zero attached hydrogens (tertiary/aromatic N) is 1. The van der Waals surface area contributed by atoms with Gasteiger partial charge >= 0.3 is 0 Å². The second-order valence-electron chi connectivity index (χ2n) is 2.11. The highest BCUT2D eigenvalue weighted by Crippen LogP contribution is 2.07. The van der Waals surface area contributed by atoms with Gasteiger partial charge in [0.15, 0.2) is 0 Å². The number of nitrogen functional groups attached to an aromatic ring is 1. The summed E-state index contributed by atoms with van der Waals surface area (Å²) in [7, 11) is 0. The van der Waals surface area contributed by atoms with E-state index in [1.165, 1.54) is 0 Å². The van der Waals surface area contributed by atoms with Crippen LogP contribution in [0.4, 0.5) is 11.5 Å². The van der Waals surface area contributed by atoms with Crippen molar-refractivity contribution in [3.8, 4) is 0 Å². The Balaban J connectivity index is 2.66. The Morgan fingerprint density at radius 3 is 2.82 bits per heavy atom. The molecule has 0 unspecified atom stereocenters. The molecule has 1 aromatic heterocycles. The average molecular weight is 152 g/mol. The lowest BCUT2D eigenvalue weighted by molar-refractivity contribution is 1.18. The summed E-state index contributed by atoms with van der Waals surface area (Å²) in [6.07, 6.45) is 1.73. The molecule has 4 N–H and O–H groups in total. The molecule has 0 fully saturated rings. The highest BCUT2D eigenvalue weighted by Gasteiger charge is 1.90. The molecule has 0 spiro atoms. The van der Waals surface area contributed by atoms with Gasteiger partial charge in [-0.15, -0.1) is 0 Å². The minimum Gasteiger partial charge on any atom is -0.384 e. The minimum absolute atomic E-state index is 0.673. The zero-order valence-corrected chi connectivity index (χ0v) is 6.46. The summed E-state index contributed by atoms with van der Waals surface area (Å²) in [5, 5.41) is 3.13. The predicted octanol–water partition coefficient (Wildman–Crippen LogP) is 0.799. The Morgan fingerprint density at radius 1 is 1.55 bits per heavy atom. The normalized spacial score (nSPS) is 9.27. The first-order valence-electron chi connectivity index (χ1n) is 3.53. The van der Waals surface area contributed by atoms with Crippen LogP contribution in [0.3, 0.4) is 0 Å². The van der Waals surface area contributed by atoms with Crippen LogP contribution in [0.25, 0.3) is 0 Å². The molecule has 4 nitrogen and oxygen atoms in total. The van der Waals surface area contributed by atoms with E-state index in [1.807, 2.05) is 19.1 Å². The van der Waals surface area contributed by atoms with Gasteiger partial charge in [-0.1, -0.05) is 0 Å². The van der Waals surface area contributed by atoms with Crippen molar-refractivity contribution in [2.45, 2.75) is 6.92 Å². The molecule has 4 heteroatoms. The lowest BCUT2D eigenvalue weighted by Gasteiger charge is -2.02. The van der Waals surface area contributed by atoms with Gasteiger partial charge < -0.3 is 10.7 Å². The van der Waals surface area contributed by atoms with Crippen molar-refractivity contribution < 1.29 is 0 Å². The number of hydrogen-bond donors (Lipinski definition) is 3. The molecule has 0 aliphatic carbocycles. The van der Waals surface area contributed by atoms with Crippen molar-refractivity contribution in [1.29, 1.82) is 0 Å². The lowest BCUT2D eigenvalue weighted by Crippen LogP contribution is -2.08. The molecule has 11 heavy (non-hydrogen) atoms. The van der Waals surface area contributed by atoms with Crippen molar-refractivity contribution >= 4 is 11.5 Å². The Labute approximate surface area is 65.8 Å². The van der Waals surface area contributed by atoms with E-state index >= 15 is 0 Å². The number of rotatable bonds is 3. The molecule has 0 aromatic carbocycles. The van der Waals surface area contributed by atoms with Gasteiger partial charge in [0, 0.05) is 6.54 Å². The van der Waals surface area contributed by atoms with Gasteiger partial charge in [0.2, 0.25) is 0 Å². The number of nitrogens with two attached hydrogens (primary N) is 1. The van der Waals surface area contributed by atoms with Crippen molar-refractivity contribution in [3.63, 3.8) is 0 Å². The van der Waals surface area contributed by atoms with Gasteiger partial charge in [0.05, 0.1) is 11.9 Å². The topological polar surface area (TPSA) is 63.0 Å². The first kappa shape index (κ1) is 7.81. The van der Waals surface area contributed by atoms with Crippen molar-refractivity contribution in [1.82, 2.24) is 4.98 Å². The molecule has 1 aromatic rings. The van der Waals surface area contributed by atoms with Crippen LogP contribution in [0, 0.1) is 0 Å². The van der Waals surface area contributed by atoms with Crippen LogP contribution in [0.15, 0.2) is 18.3 Å². The molecule has 0 aliphatic heterocycles. The summed E-state index contributed by atoms with van der Waals surface area (Å²) >= 11 is 0. The Bertz CT molecular complexity index is 206. The average Bonchev–Trinajstić information content (AvgIpc) is 2.07. The van der Waals surface area contributed by atoms with Gasteiger partial charge in [-0.2, -0.15) is 0 Å². The molecule has 1 rings (SSSR count). The molecule has 60 valence electrons. The predicted molar refractivity (Wildman–Crippen MR) is 46.2 cm³/mol. The third-order valence-electron chi connectivity index (χ3n) is 1.29. The van der Waals surface area contributed by atoms with Crippen molar-refractivity contribution in [3.05, 3.63) is 18.3 Å². The van der Waals surface area contributed by atoms with Gasteiger partial charge in [-0.3, -0.25) is 0 Å². The summed E-state index contributed by atoms with van der Waals surface area (Å²) in [5.41, 5.74) is 3.46. The second kappa shape index (κ2) is 3.78. The van der Waals surface area contributed by atoms with E-state index in [4.69, 9.17) is 5.84 Å². The van der Waals surface area contributed by atoms with Gasteiger partial charge in [0.25, 0.3) is 0 Å². The van der Waals surface area contributed by atoms with Gasteiger partial charge in [-0.25, -0.2) is 10.8 Å². The molecule has 0 saturated carbocycles. The second-order valence-corrected chi connectivity index (χ2v) is 2.11. The third kappa shape index (κ3) is 2.09. The van der Waals surface area contributed by atoms with E-state index in [9.17, 15) is 0 Å². The zero-order valence-electron chi connectivity index (χ0n) is 6.46. The van der Waals surface area contributed by atoms with E-state index in [-0.39, 0.29) is 0 Å². The monoisotopic (exact) mass is 152 g/mol. The van der Waals surface area contributed by atoms with E-state index in [0.29, 0.717) is 5.82 Å². The maximum Gasteiger partial charge on any atom is 0.140 e. The summed E-state index contributed by atoms with van der Waals surface area (Å²) in [5.74, 6) is 5.81. The molecule has 0 bridgehead atoms.